The molecule has 2 aromatic rings. The van der Waals surface area contributed by atoms with Gasteiger partial charge in [-0.1, -0.05) is 17.7 Å². The molecule has 132 valence electrons. The van der Waals surface area contributed by atoms with Crippen LogP contribution >= 0.6 is 0 Å². The van der Waals surface area contributed by atoms with Gasteiger partial charge in [-0.2, -0.15) is 0 Å². The third-order valence-corrected chi connectivity index (χ3v) is 3.72. The fourth-order valence-corrected chi connectivity index (χ4v) is 2.60. The molecule has 0 unspecified atom stereocenters. The molecule has 0 bridgehead atoms. The number of carbonyl (C=O) groups excluding carboxylic acids is 2. The lowest BCUT2D eigenvalue weighted by Gasteiger charge is -2.16. The molecule has 1 atom stereocenters. The van der Waals surface area contributed by atoms with Gasteiger partial charge >= 0.3 is 5.97 Å². The molecule has 0 saturated carbocycles. The van der Waals surface area contributed by atoms with E-state index in [2.05, 4.69) is 5.32 Å². The molecule has 0 fully saturated rings. The van der Waals surface area contributed by atoms with Crippen LogP contribution in [-0.4, -0.2) is 18.0 Å². The first-order valence-electron chi connectivity index (χ1n) is 7.73. The SMILES string of the molecule is Cc1cc(C)c(C(=O)O[C@H](C)C(=O)Nc2ccc(F)cc2F)c(C)c1. The summed E-state index contributed by atoms with van der Waals surface area (Å²) in [6.07, 6.45) is -1.14. The number of ether oxygens (including phenoxy) is 1. The van der Waals surface area contributed by atoms with Crippen molar-refractivity contribution in [3.05, 3.63) is 64.2 Å². The first-order valence-corrected chi connectivity index (χ1v) is 7.73. The lowest BCUT2D eigenvalue weighted by Crippen LogP contribution is -2.30. The molecule has 0 radical (unpaired) electrons. The normalized spacial score (nSPS) is 11.8. The van der Waals surface area contributed by atoms with Crippen LogP contribution < -0.4 is 5.32 Å². The van der Waals surface area contributed by atoms with Gasteiger partial charge in [0, 0.05) is 6.07 Å². The molecule has 2 aromatic carbocycles. The largest absolute Gasteiger partial charge is 0.449 e. The number of amides is 1. The maximum absolute atomic E-state index is 13.6. The number of carbonyl (C=O) groups is 2. The maximum atomic E-state index is 13.6. The minimum atomic E-state index is -1.14. The second kappa shape index (κ2) is 7.42. The van der Waals surface area contributed by atoms with Crippen LogP contribution in [0.1, 0.15) is 34.0 Å². The molecule has 25 heavy (non-hydrogen) atoms. The van der Waals surface area contributed by atoms with Gasteiger partial charge in [0.2, 0.25) is 0 Å². The van der Waals surface area contributed by atoms with Crippen LogP contribution in [0.2, 0.25) is 0 Å². The van der Waals surface area contributed by atoms with Gasteiger partial charge in [-0.05, 0) is 51.0 Å². The fraction of sp³-hybridized carbons (Fsp3) is 0.263. The average Bonchev–Trinajstić information content (AvgIpc) is 2.48. The molecule has 1 amide bonds. The van der Waals surface area contributed by atoms with E-state index in [-0.39, 0.29) is 5.69 Å². The number of hydrogen-bond acceptors (Lipinski definition) is 3. The zero-order valence-corrected chi connectivity index (χ0v) is 14.4. The molecule has 2 rings (SSSR count). The number of hydrogen-bond donors (Lipinski definition) is 1. The van der Waals surface area contributed by atoms with Gasteiger partial charge in [0.05, 0.1) is 11.3 Å². The van der Waals surface area contributed by atoms with Crippen molar-refractivity contribution < 1.29 is 23.1 Å². The Labute approximate surface area is 144 Å². The Balaban J connectivity index is 2.09. The highest BCUT2D eigenvalue weighted by Crippen LogP contribution is 2.19. The Morgan fingerprint density at radius 1 is 1.04 bits per heavy atom. The lowest BCUT2D eigenvalue weighted by molar-refractivity contribution is -0.123. The van der Waals surface area contributed by atoms with Gasteiger partial charge in [-0.25, -0.2) is 13.6 Å². The van der Waals surface area contributed by atoms with Crippen molar-refractivity contribution in [3.8, 4) is 0 Å². The van der Waals surface area contributed by atoms with Gasteiger partial charge in [-0.3, -0.25) is 4.79 Å². The zero-order valence-electron chi connectivity index (χ0n) is 14.4. The molecule has 6 heteroatoms. The highest BCUT2D eigenvalue weighted by Gasteiger charge is 2.22. The van der Waals surface area contributed by atoms with Gasteiger partial charge < -0.3 is 10.1 Å². The second-order valence-corrected chi connectivity index (χ2v) is 5.93. The van der Waals surface area contributed by atoms with E-state index in [4.69, 9.17) is 4.74 Å². The molecule has 0 aliphatic heterocycles. The molecule has 0 heterocycles. The van der Waals surface area contributed by atoms with Crippen LogP contribution in [0.3, 0.4) is 0 Å². The van der Waals surface area contributed by atoms with Crippen molar-refractivity contribution in [2.45, 2.75) is 33.8 Å². The smallest absolute Gasteiger partial charge is 0.339 e. The Bertz CT molecular complexity index is 810. The topological polar surface area (TPSA) is 55.4 Å². The number of nitrogens with one attached hydrogen (secondary N) is 1. The minimum absolute atomic E-state index is 0.183. The van der Waals surface area contributed by atoms with E-state index in [1.807, 2.05) is 19.1 Å². The van der Waals surface area contributed by atoms with Crippen molar-refractivity contribution in [1.82, 2.24) is 0 Å². The van der Waals surface area contributed by atoms with E-state index in [1.54, 1.807) is 13.8 Å². The summed E-state index contributed by atoms with van der Waals surface area (Å²) < 4.78 is 31.7. The van der Waals surface area contributed by atoms with Crippen LogP contribution in [0.4, 0.5) is 14.5 Å². The molecule has 0 spiro atoms. The van der Waals surface area contributed by atoms with E-state index in [0.29, 0.717) is 11.6 Å². The van der Waals surface area contributed by atoms with Crippen LogP contribution in [0.5, 0.6) is 0 Å². The van der Waals surface area contributed by atoms with Gasteiger partial charge in [-0.15, -0.1) is 0 Å². The number of rotatable bonds is 4. The van der Waals surface area contributed by atoms with Crippen molar-refractivity contribution in [3.63, 3.8) is 0 Å². The van der Waals surface area contributed by atoms with Gasteiger partial charge in [0.25, 0.3) is 5.91 Å². The molecule has 0 aromatic heterocycles. The molecule has 0 aliphatic rings. The highest BCUT2D eigenvalue weighted by atomic mass is 19.1. The van der Waals surface area contributed by atoms with E-state index in [9.17, 15) is 18.4 Å². The minimum Gasteiger partial charge on any atom is -0.449 e. The predicted octanol–water partition coefficient (Wildman–Crippen LogP) is 4.07. The van der Waals surface area contributed by atoms with E-state index >= 15 is 0 Å². The summed E-state index contributed by atoms with van der Waals surface area (Å²) in [5.74, 6) is -2.99. The Morgan fingerprint density at radius 2 is 1.64 bits per heavy atom. The summed E-state index contributed by atoms with van der Waals surface area (Å²) in [6.45, 7) is 6.88. The zero-order chi connectivity index (χ0) is 18.7. The maximum Gasteiger partial charge on any atom is 0.339 e. The molecule has 1 N–H and O–H groups in total. The number of aryl methyl sites for hydroxylation is 3. The molecule has 0 saturated heterocycles. The monoisotopic (exact) mass is 347 g/mol. The van der Waals surface area contributed by atoms with Crippen molar-refractivity contribution >= 4 is 17.6 Å². The molecule has 0 aliphatic carbocycles. The number of esters is 1. The number of halogens is 2. The third-order valence-electron chi connectivity index (χ3n) is 3.72. The first-order chi connectivity index (χ1) is 11.7. The van der Waals surface area contributed by atoms with Crippen LogP contribution in [-0.2, 0) is 9.53 Å². The predicted molar refractivity (Wildman–Crippen MR) is 90.5 cm³/mol. The standard InChI is InChI=1S/C19H19F2NO3/c1-10-7-11(2)17(12(3)8-10)19(24)25-13(4)18(23)22-16-6-5-14(20)9-15(16)21/h5-9,13H,1-4H3,(H,22,23)/t13-/m1/s1. The summed E-state index contributed by atoms with van der Waals surface area (Å²) in [5.41, 5.74) is 2.73. The quantitative estimate of drug-likeness (QED) is 0.848. The third kappa shape index (κ3) is 4.41. The van der Waals surface area contributed by atoms with Crippen LogP contribution in [0, 0.1) is 32.4 Å². The number of anilines is 1. The van der Waals surface area contributed by atoms with Crippen molar-refractivity contribution in [1.29, 1.82) is 0 Å². The summed E-state index contributed by atoms with van der Waals surface area (Å²) in [5, 5.41) is 2.27. The van der Waals surface area contributed by atoms with Crippen LogP contribution in [0.15, 0.2) is 30.3 Å². The Hall–Kier alpha value is -2.76. The highest BCUT2D eigenvalue weighted by molar-refractivity contribution is 5.98. The fourth-order valence-electron chi connectivity index (χ4n) is 2.60. The van der Waals surface area contributed by atoms with E-state index in [0.717, 1.165) is 28.8 Å². The molecular weight excluding hydrogens is 328 g/mol. The first kappa shape index (κ1) is 18.6. The molecule has 4 nitrogen and oxygen atoms in total. The van der Waals surface area contributed by atoms with Crippen LogP contribution in [0.25, 0.3) is 0 Å². The summed E-state index contributed by atoms with van der Waals surface area (Å²) >= 11 is 0. The second-order valence-electron chi connectivity index (χ2n) is 5.93. The number of benzene rings is 2. The summed E-state index contributed by atoms with van der Waals surface area (Å²) in [7, 11) is 0. The van der Waals surface area contributed by atoms with E-state index < -0.39 is 29.6 Å². The molecular formula is C19H19F2NO3. The van der Waals surface area contributed by atoms with Crippen molar-refractivity contribution in [2.75, 3.05) is 5.32 Å². The van der Waals surface area contributed by atoms with Gasteiger partial charge in [0.15, 0.2) is 6.10 Å². The van der Waals surface area contributed by atoms with E-state index in [1.165, 1.54) is 6.92 Å². The Kier molecular flexibility index (Phi) is 5.51. The lowest BCUT2D eigenvalue weighted by atomic mass is 10.00. The van der Waals surface area contributed by atoms with Gasteiger partial charge in [0.1, 0.15) is 11.6 Å². The summed E-state index contributed by atoms with van der Waals surface area (Å²) in [4.78, 5) is 24.4. The Morgan fingerprint density at radius 3 is 2.20 bits per heavy atom. The average molecular weight is 347 g/mol. The van der Waals surface area contributed by atoms with Crippen molar-refractivity contribution in [2.24, 2.45) is 0 Å². The summed E-state index contributed by atoms with van der Waals surface area (Å²) in [6, 6.07) is 6.48.